The van der Waals surface area contributed by atoms with Gasteiger partial charge in [-0.25, -0.2) is 9.97 Å². The van der Waals surface area contributed by atoms with Crippen LogP contribution in [0.15, 0.2) is 54.9 Å². The van der Waals surface area contributed by atoms with Crippen molar-refractivity contribution in [3.8, 4) is 11.4 Å². The maximum absolute atomic E-state index is 4.55. The SMILES string of the molecule is c1ccc2c(-c3ncc(CNC4CC4)cn3)cccc2c1. The zero-order valence-electron chi connectivity index (χ0n) is 11.8. The molecule has 0 aliphatic heterocycles. The number of nitrogens with zero attached hydrogens (tertiary/aromatic N) is 2. The maximum atomic E-state index is 4.55. The van der Waals surface area contributed by atoms with Crippen molar-refractivity contribution in [1.29, 1.82) is 0 Å². The van der Waals surface area contributed by atoms with Gasteiger partial charge in [0.25, 0.3) is 0 Å². The summed E-state index contributed by atoms with van der Waals surface area (Å²) >= 11 is 0. The molecule has 0 unspecified atom stereocenters. The molecular weight excluding hydrogens is 258 g/mol. The molecular formula is C18H17N3. The average Bonchev–Trinajstić information content (AvgIpc) is 3.37. The number of rotatable bonds is 4. The van der Waals surface area contributed by atoms with Crippen molar-refractivity contribution in [3.05, 3.63) is 60.4 Å². The van der Waals surface area contributed by atoms with Crippen molar-refractivity contribution in [2.24, 2.45) is 0 Å². The van der Waals surface area contributed by atoms with Crippen LogP contribution in [0.3, 0.4) is 0 Å². The van der Waals surface area contributed by atoms with Crippen LogP contribution in [0.25, 0.3) is 22.2 Å². The molecule has 0 amide bonds. The molecule has 0 atom stereocenters. The molecule has 1 aliphatic rings. The Labute approximate surface area is 124 Å². The zero-order chi connectivity index (χ0) is 14.1. The largest absolute Gasteiger partial charge is 0.310 e. The fourth-order valence-corrected chi connectivity index (χ4v) is 2.56. The summed E-state index contributed by atoms with van der Waals surface area (Å²) in [5.41, 5.74) is 2.24. The van der Waals surface area contributed by atoms with Crippen molar-refractivity contribution in [3.63, 3.8) is 0 Å². The first-order valence-electron chi connectivity index (χ1n) is 7.42. The molecule has 0 bridgehead atoms. The van der Waals surface area contributed by atoms with Crippen molar-refractivity contribution in [2.75, 3.05) is 0 Å². The van der Waals surface area contributed by atoms with Crippen molar-refractivity contribution in [1.82, 2.24) is 15.3 Å². The minimum Gasteiger partial charge on any atom is -0.310 e. The zero-order valence-corrected chi connectivity index (χ0v) is 11.8. The van der Waals surface area contributed by atoms with E-state index < -0.39 is 0 Å². The van der Waals surface area contributed by atoms with E-state index in [4.69, 9.17) is 0 Å². The number of hydrogen-bond acceptors (Lipinski definition) is 3. The quantitative estimate of drug-likeness (QED) is 0.791. The van der Waals surface area contributed by atoms with E-state index in [2.05, 4.69) is 57.7 Å². The van der Waals surface area contributed by atoms with Crippen LogP contribution in [0.5, 0.6) is 0 Å². The third-order valence-electron chi connectivity index (χ3n) is 3.91. The van der Waals surface area contributed by atoms with Crippen molar-refractivity contribution < 1.29 is 0 Å². The summed E-state index contributed by atoms with van der Waals surface area (Å²) in [5.74, 6) is 0.793. The Morgan fingerprint density at radius 1 is 0.952 bits per heavy atom. The van der Waals surface area contributed by atoms with Crippen LogP contribution in [0, 0.1) is 0 Å². The van der Waals surface area contributed by atoms with Crippen LogP contribution in [0.4, 0.5) is 0 Å². The summed E-state index contributed by atoms with van der Waals surface area (Å²) < 4.78 is 0. The maximum Gasteiger partial charge on any atom is 0.159 e. The van der Waals surface area contributed by atoms with E-state index in [-0.39, 0.29) is 0 Å². The molecule has 104 valence electrons. The molecule has 3 heteroatoms. The minimum atomic E-state index is 0.711. The van der Waals surface area contributed by atoms with Gasteiger partial charge in [-0.05, 0) is 23.6 Å². The average molecular weight is 275 g/mol. The fourth-order valence-electron chi connectivity index (χ4n) is 2.56. The lowest BCUT2D eigenvalue weighted by Gasteiger charge is -2.06. The standard InChI is InChI=1S/C18H17N3/c1-2-6-16-14(4-1)5-3-7-17(16)18-20-11-13(12-21-18)10-19-15-8-9-15/h1-7,11-12,15,19H,8-10H2. The molecule has 3 aromatic rings. The van der Waals surface area contributed by atoms with E-state index in [9.17, 15) is 0 Å². The van der Waals surface area contributed by atoms with Gasteiger partial charge in [-0.3, -0.25) is 0 Å². The Kier molecular flexibility index (Phi) is 3.13. The van der Waals surface area contributed by atoms with E-state index >= 15 is 0 Å². The lowest BCUT2D eigenvalue weighted by atomic mass is 10.0. The second-order valence-corrected chi connectivity index (χ2v) is 5.60. The molecule has 1 N–H and O–H groups in total. The molecule has 1 aromatic heterocycles. The highest BCUT2D eigenvalue weighted by molar-refractivity contribution is 5.94. The summed E-state index contributed by atoms with van der Waals surface area (Å²) in [5, 5.41) is 5.90. The highest BCUT2D eigenvalue weighted by atomic mass is 15.0. The number of fused-ring (bicyclic) bond motifs is 1. The predicted molar refractivity (Wildman–Crippen MR) is 84.8 cm³/mol. The van der Waals surface area contributed by atoms with E-state index in [0.717, 1.165) is 23.5 Å². The van der Waals surface area contributed by atoms with Crippen LogP contribution in [0.2, 0.25) is 0 Å². The van der Waals surface area contributed by atoms with Gasteiger partial charge in [0.1, 0.15) is 0 Å². The smallest absolute Gasteiger partial charge is 0.159 e. The number of hydrogen-bond donors (Lipinski definition) is 1. The Bertz CT molecular complexity index is 756. The molecule has 1 fully saturated rings. The molecule has 3 nitrogen and oxygen atoms in total. The normalized spacial score (nSPS) is 14.5. The van der Waals surface area contributed by atoms with Gasteiger partial charge in [-0.2, -0.15) is 0 Å². The highest BCUT2D eigenvalue weighted by Crippen LogP contribution is 2.25. The Balaban J connectivity index is 1.65. The summed E-state index contributed by atoms with van der Waals surface area (Å²) in [6, 6.07) is 15.3. The van der Waals surface area contributed by atoms with Crippen LogP contribution in [-0.2, 0) is 6.54 Å². The first kappa shape index (κ1) is 12.5. The fraction of sp³-hybridized carbons (Fsp3) is 0.222. The van der Waals surface area contributed by atoms with Crippen molar-refractivity contribution in [2.45, 2.75) is 25.4 Å². The molecule has 0 saturated heterocycles. The molecule has 0 radical (unpaired) electrons. The number of benzene rings is 2. The van der Waals surface area contributed by atoms with Crippen LogP contribution in [-0.4, -0.2) is 16.0 Å². The van der Waals surface area contributed by atoms with Gasteiger partial charge >= 0.3 is 0 Å². The molecule has 1 heterocycles. The second-order valence-electron chi connectivity index (χ2n) is 5.60. The van der Waals surface area contributed by atoms with Gasteiger partial charge in [0, 0.05) is 36.1 Å². The summed E-state index contributed by atoms with van der Waals surface area (Å²) in [6.45, 7) is 0.862. The third-order valence-corrected chi connectivity index (χ3v) is 3.91. The number of nitrogens with one attached hydrogen (secondary N) is 1. The van der Waals surface area contributed by atoms with Crippen LogP contribution in [0.1, 0.15) is 18.4 Å². The molecule has 1 saturated carbocycles. The Morgan fingerprint density at radius 2 is 1.71 bits per heavy atom. The van der Waals surface area contributed by atoms with Gasteiger partial charge in [0.05, 0.1) is 0 Å². The van der Waals surface area contributed by atoms with Crippen LogP contribution >= 0.6 is 0 Å². The second kappa shape index (κ2) is 5.26. The molecule has 4 rings (SSSR count). The van der Waals surface area contributed by atoms with Crippen LogP contribution < -0.4 is 5.32 Å². The summed E-state index contributed by atoms with van der Waals surface area (Å²) in [4.78, 5) is 9.09. The molecule has 1 aliphatic carbocycles. The molecule has 21 heavy (non-hydrogen) atoms. The monoisotopic (exact) mass is 275 g/mol. The summed E-state index contributed by atoms with van der Waals surface area (Å²) in [6.07, 6.45) is 6.46. The topological polar surface area (TPSA) is 37.8 Å². The lowest BCUT2D eigenvalue weighted by molar-refractivity contribution is 0.683. The van der Waals surface area contributed by atoms with E-state index in [0.29, 0.717) is 6.04 Å². The van der Waals surface area contributed by atoms with Gasteiger partial charge in [-0.1, -0.05) is 42.5 Å². The molecule has 0 spiro atoms. The predicted octanol–water partition coefficient (Wildman–Crippen LogP) is 3.55. The Hall–Kier alpha value is -2.26. The first-order chi connectivity index (χ1) is 10.4. The number of aromatic nitrogens is 2. The Morgan fingerprint density at radius 3 is 2.52 bits per heavy atom. The minimum absolute atomic E-state index is 0.711. The third kappa shape index (κ3) is 2.65. The van der Waals surface area contributed by atoms with Gasteiger partial charge < -0.3 is 5.32 Å². The lowest BCUT2D eigenvalue weighted by Crippen LogP contribution is -2.15. The van der Waals surface area contributed by atoms with Gasteiger partial charge in [-0.15, -0.1) is 0 Å². The van der Waals surface area contributed by atoms with Crippen molar-refractivity contribution >= 4 is 10.8 Å². The molecule has 2 aromatic carbocycles. The van der Waals surface area contributed by atoms with Gasteiger partial charge in [0.15, 0.2) is 5.82 Å². The van der Waals surface area contributed by atoms with Gasteiger partial charge in [0.2, 0.25) is 0 Å². The first-order valence-corrected chi connectivity index (χ1v) is 7.42. The van der Waals surface area contributed by atoms with E-state index in [1.165, 1.54) is 23.6 Å². The van der Waals surface area contributed by atoms with E-state index in [1.807, 2.05) is 12.4 Å². The summed E-state index contributed by atoms with van der Waals surface area (Å²) in [7, 11) is 0. The highest BCUT2D eigenvalue weighted by Gasteiger charge is 2.20. The van der Waals surface area contributed by atoms with E-state index in [1.54, 1.807) is 0 Å².